The lowest BCUT2D eigenvalue weighted by atomic mass is 10.1. The molecular formula is C17H20N6O. The van der Waals surface area contributed by atoms with Crippen molar-refractivity contribution < 1.29 is 4.79 Å². The first-order valence-corrected chi connectivity index (χ1v) is 8.26. The first kappa shape index (κ1) is 14.9. The molecule has 0 bridgehead atoms. The van der Waals surface area contributed by atoms with Crippen LogP contribution in [0.4, 0.5) is 0 Å². The third-order valence-electron chi connectivity index (χ3n) is 4.76. The van der Waals surface area contributed by atoms with Gasteiger partial charge in [0.25, 0.3) is 0 Å². The number of aromatic amines is 2. The van der Waals surface area contributed by atoms with Crippen LogP contribution >= 0.6 is 0 Å². The van der Waals surface area contributed by atoms with Gasteiger partial charge < -0.3 is 9.88 Å². The second-order valence-corrected chi connectivity index (χ2v) is 6.57. The molecule has 1 amide bonds. The number of fused-ring (bicyclic) bond motifs is 1. The molecule has 124 valence electrons. The number of carbonyl (C=O) groups is 1. The summed E-state index contributed by atoms with van der Waals surface area (Å²) in [5.41, 5.74) is 3.37. The van der Waals surface area contributed by atoms with E-state index in [4.69, 9.17) is 0 Å². The standard InChI is InChI=1S/C17H20N6O/c1-11-2-3-14-13(9-18-15(14)6-11)8-17(24)23-5-4-12(10-23)7-16-19-21-22-20-16/h2-3,6,9,12,18H,4-5,7-8,10H2,1H3,(H,19,20,21,22). The van der Waals surface area contributed by atoms with Gasteiger partial charge in [0.1, 0.15) is 0 Å². The predicted molar refractivity (Wildman–Crippen MR) is 89.3 cm³/mol. The highest BCUT2D eigenvalue weighted by Gasteiger charge is 2.27. The topological polar surface area (TPSA) is 90.6 Å². The van der Waals surface area contributed by atoms with E-state index in [0.717, 1.165) is 48.2 Å². The fourth-order valence-electron chi connectivity index (χ4n) is 3.47. The summed E-state index contributed by atoms with van der Waals surface area (Å²) >= 11 is 0. The first-order valence-electron chi connectivity index (χ1n) is 8.26. The van der Waals surface area contributed by atoms with E-state index in [2.05, 4.69) is 50.7 Å². The molecule has 1 aliphatic heterocycles. The van der Waals surface area contributed by atoms with Crippen LogP contribution in [-0.2, 0) is 17.6 Å². The molecule has 1 aliphatic rings. The van der Waals surface area contributed by atoms with Gasteiger partial charge in [-0.05, 0) is 36.5 Å². The summed E-state index contributed by atoms with van der Waals surface area (Å²) < 4.78 is 0. The first-order chi connectivity index (χ1) is 11.7. The smallest absolute Gasteiger partial charge is 0.227 e. The number of hydrogen-bond donors (Lipinski definition) is 2. The molecule has 0 radical (unpaired) electrons. The fourth-order valence-corrected chi connectivity index (χ4v) is 3.47. The van der Waals surface area contributed by atoms with Crippen LogP contribution in [0, 0.1) is 12.8 Å². The van der Waals surface area contributed by atoms with E-state index in [1.807, 2.05) is 11.1 Å². The minimum atomic E-state index is 0.187. The number of carbonyl (C=O) groups excluding carboxylic acids is 1. The molecule has 1 aromatic carbocycles. The largest absolute Gasteiger partial charge is 0.361 e. The minimum Gasteiger partial charge on any atom is -0.361 e. The number of nitrogens with one attached hydrogen (secondary N) is 2. The summed E-state index contributed by atoms with van der Waals surface area (Å²) in [6.45, 7) is 3.65. The number of H-pyrrole nitrogens is 2. The molecule has 1 unspecified atom stereocenters. The third-order valence-corrected chi connectivity index (χ3v) is 4.76. The Kier molecular flexibility index (Phi) is 3.76. The molecule has 7 heteroatoms. The van der Waals surface area contributed by atoms with Gasteiger partial charge in [0.05, 0.1) is 6.42 Å². The second kappa shape index (κ2) is 6.07. The summed E-state index contributed by atoms with van der Waals surface area (Å²) in [5.74, 6) is 1.32. The maximum absolute atomic E-state index is 12.6. The van der Waals surface area contributed by atoms with Gasteiger partial charge in [0.2, 0.25) is 5.91 Å². The van der Waals surface area contributed by atoms with Gasteiger partial charge in [-0.2, -0.15) is 5.21 Å². The average molecular weight is 324 g/mol. The lowest BCUT2D eigenvalue weighted by Gasteiger charge is -2.16. The number of aryl methyl sites for hydroxylation is 1. The molecule has 1 fully saturated rings. The van der Waals surface area contributed by atoms with Gasteiger partial charge in [-0.25, -0.2) is 0 Å². The number of amides is 1. The number of likely N-dealkylation sites (tertiary alicyclic amines) is 1. The number of rotatable bonds is 4. The van der Waals surface area contributed by atoms with Crippen LogP contribution in [-0.4, -0.2) is 49.5 Å². The summed E-state index contributed by atoms with van der Waals surface area (Å²) in [4.78, 5) is 17.9. The van der Waals surface area contributed by atoms with Crippen LogP contribution in [0.15, 0.2) is 24.4 Å². The van der Waals surface area contributed by atoms with Crippen LogP contribution in [0.5, 0.6) is 0 Å². The molecule has 0 aliphatic carbocycles. The molecule has 0 saturated carbocycles. The van der Waals surface area contributed by atoms with Crippen molar-refractivity contribution >= 4 is 16.8 Å². The molecule has 2 N–H and O–H groups in total. The molecule has 7 nitrogen and oxygen atoms in total. The molecule has 24 heavy (non-hydrogen) atoms. The molecule has 3 aromatic rings. The van der Waals surface area contributed by atoms with Gasteiger partial charge in [0.15, 0.2) is 5.82 Å². The van der Waals surface area contributed by atoms with Gasteiger partial charge in [-0.3, -0.25) is 4.79 Å². The van der Waals surface area contributed by atoms with E-state index in [1.54, 1.807) is 0 Å². The number of tetrazole rings is 1. The Balaban J connectivity index is 1.41. The minimum absolute atomic E-state index is 0.187. The van der Waals surface area contributed by atoms with Crippen molar-refractivity contribution in [3.05, 3.63) is 41.3 Å². The number of benzene rings is 1. The zero-order valence-corrected chi connectivity index (χ0v) is 13.6. The molecular weight excluding hydrogens is 304 g/mol. The Morgan fingerprint density at radius 2 is 2.33 bits per heavy atom. The maximum Gasteiger partial charge on any atom is 0.227 e. The molecule has 3 heterocycles. The predicted octanol–water partition coefficient (Wildman–Crippen LogP) is 1.62. The van der Waals surface area contributed by atoms with E-state index >= 15 is 0 Å². The molecule has 1 saturated heterocycles. The summed E-state index contributed by atoms with van der Waals surface area (Å²) in [6.07, 6.45) is 4.16. The fraction of sp³-hybridized carbons (Fsp3) is 0.412. The van der Waals surface area contributed by atoms with E-state index < -0.39 is 0 Å². The van der Waals surface area contributed by atoms with Gasteiger partial charge >= 0.3 is 0 Å². The van der Waals surface area contributed by atoms with Gasteiger partial charge in [-0.15, -0.1) is 10.2 Å². The normalized spacial score (nSPS) is 17.7. The highest BCUT2D eigenvalue weighted by molar-refractivity contribution is 5.89. The van der Waals surface area contributed by atoms with Crippen LogP contribution in [0.1, 0.15) is 23.4 Å². The number of nitrogens with zero attached hydrogens (tertiary/aromatic N) is 4. The Morgan fingerprint density at radius 3 is 3.17 bits per heavy atom. The van der Waals surface area contributed by atoms with Crippen molar-refractivity contribution in [3.8, 4) is 0 Å². The quantitative estimate of drug-likeness (QED) is 0.763. The van der Waals surface area contributed by atoms with Crippen LogP contribution in [0.2, 0.25) is 0 Å². The van der Waals surface area contributed by atoms with Crippen LogP contribution in [0.3, 0.4) is 0 Å². The zero-order chi connectivity index (χ0) is 16.5. The Labute approximate surface area is 139 Å². The van der Waals surface area contributed by atoms with Crippen LogP contribution in [0.25, 0.3) is 10.9 Å². The summed E-state index contributed by atoms with van der Waals surface area (Å²) in [6, 6.07) is 6.29. The lowest BCUT2D eigenvalue weighted by molar-refractivity contribution is -0.129. The zero-order valence-electron chi connectivity index (χ0n) is 13.6. The van der Waals surface area contributed by atoms with E-state index in [0.29, 0.717) is 12.3 Å². The monoisotopic (exact) mass is 324 g/mol. The second-order valence-electron chi connectivity index (χ2n) is 6.57. The highest BCUT2D eigenvalue weighted by atomic mass is 16.2. The van der Waals surface area contributed by atoms with E-state index in [1.165, 1.54) is 5.56 Å². The molecule has 4 rings (SSSR count). The third kappa shape index (κ3) is 2.89. The lowest BCUT2D eigenvalue weighted by Crippen LogP contribution is -2.30. The van der Waals surface area contributed by atoms with Crippen LogP contribution < -0.4 is 0 Å². The SMILES string of the molecule is Cc1ccc2c(CC(=O)N3CCC(Cc4nn[nH]n4)C3)c[nH]c2c1. The van der Waals surface area contributed by atoms with Crippen molar-refractivity contribution in [3.63, 3.8) is 0 Å². The van der Waals surface area contributed by atoms with E-state index in [-0.39, 0.29) is 5.91 Å². The van der Waals surface area contributed by atoms with Gasteiger partial charge in [-0.1, -0.05) is 17.3 Å². The van der Waals surface area contributed by atoms with Crippen molar-refractivity contribution in [1.29, 1.82) is 0 Å². The van der Waals surface area contributed by atoms with Crippen molar-refractivity contribution in [1.82, 2.24) is 30.5 Å². The van der Waals surface area contributed by atoms with Gasteiger partial charge in [0, 0.05) is 36.6 Å². The molecule has 0 spiro atoms. The molecule has 2 aromatic heterocycles. The highest BCUT2D eigenvalue weighted by Crippen LogP contribution is 2.23. The summed E-state index contributed by atoms with van der Waals surface area (Å²) in [5, 5.41) is 15.2. The Morgan fingerprint density at radius 1 is 1.42 bits per heavy atom. The van der Waals surface area contributed by atoms with E-state index in [9.17, 15) is 4.79 Å². The Bertz CT molecular complexity index is 853. The van der Waals surface area contributed by atoms with Crippen molar-refractivity contribution in [2.75, 3.05) is 13.1 Å². The number of hydrogen-bond acceptors (Lipinski definition) is 4. The summed E-state index contributed by atoms with van der Waals surface area (Å²) in [7, 11) is 0. The van der Waals surface area contributed by atoms with Crippen molar-refractivity contribution in [2.24, 2.45) is 5.92 Å². The Hall–Kier alpha value is -2.70. The molecule has 1 atom stereocenters. The van der Waals surface area contributed by atoms with Crippen molar-refractivity contribution in [2.45, 2.75) is 26.2 Å². The average Bonchev–Trinajstić information content (AvgIpc) is 3.29. The maximum atomic E-state index is 12.6. The number of aromatic nitrogens is 5.